The Labute approximate surface area is 118 Å². The summed E-state index contributed by atoms with van der Waals surface area (Å²) in [4.78, 5) is 8.58. The molecule has 1 aromatic carbocycles. The van der Waals surface area contributed by atoms with Crippen LogP contribution in [0.3, 0.4) is 0 Å². The van der Waals surface area contributed by atoms with Crippen LogP contribution in [0.2, 0.25) is 0 Å². The molecule has 1 N–H and O–H groups in total. The summed E-state index contributed by atoms with van der Waals surface area (Å²) >= 11 is 0. The molecule has 0 aliphatic carbocycles. The van der Waals surface area contributed by atoms with Crippen LogP contribution in [0.25, 0.3) is 10.9 Å². The number of ether oxygens (including phenoxy) is 2. The van der Waals surface area contributed by atoms with Crippen LogP contribution in [-0.2, 0) is 9.47 Å². The molecule has 106 valence electrons. The smallest absolute Gasteiger partial charge is 0.137 e. The number of para-hydroxylation sites is 1. The molecule has 2 unspecified atom stereocenters. The summed E-state index contributed by atoms with van der Waals surface area (Å²) in [5.41, 5.74) is 0.947. The maximum Gasteiger partial charge on any atom is 0.137 e. The molecule has 0 bridgehead atoms. The summed E-state index contributed by atoms with van der Waals surface area (Å²) in [6, 6.07) is 8.17. The van der Waals surface area contributed by atoms with Crippen LogP contribution in [0.15, 0.2) is 30.6 Å². The minimum absolute atomic E-state index is 0.189. The highest BCUT2D eigenvalue weighted by molar-refractivity contribution is 5.88. The zero-order valence-electron chi connectivity index (χ0n) is 11.6. The van der Waals surface area contributed by atoms with Crippen LogP contribution in [0.5, 0.6) is 0 Å². The number of aromatic nitrogens is 2. The van der Waals surface area contributed by atoms with E-state index >= 15 is 0 Å². The first kappa shape index (κ1) is 13.3. The van der Waals surface area contributed by atoms with Crippen LogP contribution in [0.1, 0.15) is 13.3 Å². The van der Waals surface area contributed by atoms with Crippen LogP contribution in [0.4, 0.5) is 5.82 Å². The van der Waals surface area contributed by atoms with Crippen molar-refractivity contribution in [2.45, 2.75) is 25.5 Å². The minimum Gasteiger partial charge on any atom is -0.379 e. The average Bonchev–Trinajstić information content (AvgIpc) is 2.99. The van der Waals surface area contributed by atoms with Gasteiger partial charge < -0.3 is 14.8 Å². The van der Waals surface area contributed by atoms with Gasteiger partial charge in [0, 0.05) is 18.0 Å². The Morgan fingerprint density at radius 3 is 3.15 bits per heavy atom. The summed E-state index contributed by atoms with van der Waals surface area (Å²) < 4.78 is 11.1. The Hall–Kier alpha value is -1.72. The van der Waals surface area contributed by atoms with Crippen molar-refractivity contribution in [1.82, 2.24) is 9.97 Å². The lowest BCUT2D eigenvalue weighted by Gasteiger charge is -2.18. The summed E-state index contributed by atoms with van der Waals surface area (Å²) in [5, 5.41) is 4.43. The Morgan fingerprint density at radius 1 is 1.40 bits per heavy atom. The number of anilines is 1. The van der Waals surface area contributed by atoms with Crippen LogP contribution in [-0.4, -0.2) is 41.9 Å². The first-order valence-corrected chi connectivity index (χ1v) is 6.98. The van der Waals surface area contributed by atoms with E-state index in [2.05, 4.69) is 22.2 Å². The predicted molar refractivity (Wildman–Crippen MR) is 77.8 cm³/mol. The zero-order chi connectivity index (χ0) is 13.8. The van der Waals surface area contributed by atoms with E-state index in [1.807, 2.05) is 24.3 Å². The molecule has 0 saturated carbocycles. The van der Waals surface area contributed by atoms with E-state index in [0.29, 0.717) is 13.2 Å². The van der Waals surface area contributed by atoms with Gasteiger partial charge >= 0.3 is 0 Å². The topological polar surface area (TPSA) is 56.3 Å². The number of benzene rings is 1. The number of hydrogen-bond donors (Lipinski definition) is 1. The number of fused-ring (bicyclic) bond motifs is 1. The summed E-state index contributed by atoms with van der Waals surface area (Å²) in [5.74, 6) is 0.856. The Morgan fingerprint density at radius 2 is 2.30 bits per heavy atom. The van der Waals surface area contributed by atoms with Gasteiger partial charge in [0.2, 0.25) is 0 Å². The van der Waals surface area contributed by atoms with Crippen molar-refractivity contribution in [3.05, 3.63) is 30.6 Å². The molecule has 2 heterocycles. The quantitative estimate of drug-likeness (QED) is 0.905. The third-order valence-electron chi connectivity index (χ3n) is 3.40. The molecule has 1 saturated heterocycles. The lowest BCUT2D eigenvalue weighted by Crippen LogP contribution is -2.26. The molecule has 0 amide bonds. The molecule has 0 spiro atoms. The van der Waals surface area contributed by atoms with Crippen molar-refractivity contribution >= 4 is 16.7 Å². The van der Waals surface area contributed by atoms with Crippen LogP contribution >= 0.6 is 0 Å². The summed E-state index contributed by atoms with van der Waals surface area (Å²) in [6.45, 7) is 4.26. The second kappa shape index (κ2) is 6.15. The van der Waals surface area contributed by atoms with Gasteiger partial charge in [-0.05, 0) is 25.5 Å². The van der Waals surface area contributed by atoms with Crippen molar-refractivity contribution in [3.63, 3.8) is 0 Å². The van der Waals surface area contributed by atoms with Gasteiger partial charge in [0.1, 0.15) is 12.1 Å². The Balaban J connectivity index is 1.63. The molecule has 1 fully saturated rings. The van der Waals surface area contributed by atoms with E-state index < -0.39 is 0 Å². The third kappa shape index (κ3) is 3.05. The largest absolute Gasteiger partial charge is 0.379 e. The zero-order valence-corrected chi connectivity index (χ0v) is 11.6. The predicted octanol–water partition coefficient (Wildman–Crippen LogP) is 2.24. The normalized spacial score (nSPS) is 20.1. The maximum absolute atomic E-state index is 5.82. The lowest BCUT2D eigenvalue weighted by molar-refractivity contribution is 0.0395. The van der Waals surface area contributed by atoms with Crippen molar-refractivity contribution in [2.24, 2.45) is 0 Å². The fraction of sp³-hybridized carbons (Fsp3) is 0.467. The molecular weight excluding hydrogens is 254 g/mol. The average molecular weight is 273 g/mol. The lowest BCUT2D eigenvalue weighted by atomic mass is 10.2. The first-order chi connectivity index (χ1) is 9.83. The number of rotatable bonds is 5. The van der Waals surface area contributed by atoms with Gasteiger partial charge in [-0.1, -0.05) is 12.1 Å². The van der Waals surface area contributed by atoms with Gasteiger partial charge in [-0.15, -0.1) is 0 Å². The van der Waals surface area contributed by atoms with Crippen LogP contribution in [0, 0.1) is 0 Å². The van der Waals surface area contributed by atoms with Crippen molar-refractivity contribution in [3.8, 4) is 0 Å². The molecule has 3 rings (SSSR count). The Kier molecular flexibility index (Phi) is 4.08. The fourth-order valence-corrected chi connectivity index (χ4v) is 2.32. The van der Waals surface area contributed by atoms with Gasteiger partial charge in [-0.3, -0.25) is 0 Å². The molecule has 1 aliphatic heterocycles. The van der Waals surface area contributed by atoms with Gasteiger partial charge in [0.05, 0.1) is 24.8 Å². The van der Waals surface area contributed by atoms with E-state index in [-0.39, 0.29) is 12.1 Å². The Bertz CT molecular complexity index is 565. The summed E-state index contributed by atoms with van der Waals surface area (Å²) in [7, 11) is 0. The molecule has 5 nitrogen and oxygen atoms in total. The number of hydrogen-bond acceptors (Lipinski definition) is 5. The van der Waals surface area contributed by atoms with E-state index in [1.165, 1.54) is 0 Å². The van der Waals surface area contributed by atoms with Gasteiger partial charge in [0.25, 0.3) is 0 Å². The van der Waals surface area contributed by atoms with E-state index in [0.717, 1.165) is 29.7 Å². The SMILES string of the molecule is CC(COC1CCOC1)Nc1ncnc2ccccc12. The second-order valence-electron chi connectivity index (χ2n) is 5.10. The van der Waals surface area contributed by atoms with Crippen molar-refractivity contribution in [1.29, 1.82) is 0 Å². The monoisotopic (exact) mass is 273 g/mol. The molecular formula is C15H19N3O2. The number of nitrogens with one attached hydrogen (secondary N) is 1. The van der Waals surface area contributed by atoms with Gasteiger partial charge in [-0.2, -0.15) is 0 Å². The van der Waals surface area contributed by atoms with E-state index in [9.17, 15) is 0 Å². The molecule has 20 heavy (non-hydrogen) atoms. The first-order valence-electron chi connectivity index (χ1n) is 6.98. The van der Waals surface area contributed by atoms with Crippen molar-refractivity contribution in [2.75, 3.05) is 25.1 Å². The van der Waals surface area contributed by atoms with E-state index in [1.54, 1.807) is 6.33 Å². The minimum atomic E-state index is 0.189. The molecule has 2 atom stereocenters. The molecule has 5 heteroatoms. The summed E-state index contributed by atoms with van der Waals surface area (Å²) in [6.07, 6.45) is 2.81. The highest BCUT2D eigenvalue weighted by Crippen LogP contribution is 2.19. The highest BCUT2D eigenvalue weighted by atomic mass is 16.5. The number of nitrogens with zero attached hydrogens (tertiary/aromatic N) is 2. The molecule has 1 aromatic heterocycles. The highest BCUT2D eigenvalue weighted by Gasteiger charge is 2.17. The van der Waals surface area contributed by atoms with Gasteiger partial charge in [-0.25, -0.2) is 9.97 Å². The molecule has 1 aliphatic rings. The second-order valence-corrected chi connectivity index (χ2v) is 5.10. The van der Waals surface area contributed by atoms with E-state index in [4.69, 9.17) is 9.47 Å². The fourth-order valence-electron chi connectivity index (χ4n) is 2.32. The third-order valence-corrected chi connectivity index (χ3v) is 3.40. The molecule has 0 radical (unpaired) electrons. The maximum atomic E-state index is 5.82. The van der Waals surface area contributed by atoms with Gasteiger partial charge in [0.15, 0.2) is 0 Å². The molecule has 2 aromatic rings. The standard InChI is InChI=1S/C15H19N3O2/c1-11(8-20-12-6-7-19-9-12)18-15-13-4-2-3-5-14(13)16-10-17-15/h2-5,10-12H,6-9H2,1H3,(H,16,17,18). The van der Waals surface area contributed by atoms with Crippen molar-refractivity contribution < 1.29 is 9.47 Å². The van der Waals surface area contributed by atoms with Crippen LogP contribution < -0.4 is 5.32 Å².